The molecule has 6 heteroatoms. The van der Waals surface area contributed by atoms with Crippen molar-refractivity contribution >= 4 is 11.7 Å². The predicted octanol–water partition coefficient (Wildman–Crippen LogP) is 3.18. The standard InChI is InChI=1S/C18H15N3O3/c1-11(22)20-18-17(13-4-8-15(24)9-5-13)21-16(10-19-18)12-2-6-14(23)7-3-12/h2-10,23-24H,1H3,(H,19,20,22). The summed E-state index contributed by atoms with van der Waals surface area (Å²) in [5.74, 6) is 0.403. The van der Waals surface area contributed by atoms with Crippen molar-refractivity contribution in [2.45, 2.75) is 6.92 Å². The van der Waals surface area contributed by atoms with Crippen molar-refractivity contribution in [3.8, 4) is 34.0 Å². The van der Waals surface area contributed by atoms with Crippen molar-refractivity contribution in [1.82, 2.24) is 9.97 Å². The van der Waals surface area contributed by atoms with E-state index in [0.717, 1.165) is 5.56 Å². The molecule has 0 radical (unpaired) electrons. The molecule has 0 bridgehead atoms. The average molecular weight is 321 g/mol. The minimum Gasteiger partial charge on any atom is -0.508 e. The molecule has 0 fully saturated rings. The number of phenolic OH excluding ortho intramolecular Hbond substituents is 2. The van der Waals surface area contributed by atoms with Crippen molar-refractivity contribution < 1.29 is 15.0 Å². The molecule has 1 amide bonds. The van der Waals surface area contributed by atoms with Crippen LogP contribution >= 0.6 is 0 Å². The Morgan fingerprint density at radius 3 is 2.00 bits per heavy atom. The summed E-state index contributed by atoms with van der Waals surface area (Å²) < 4.78 is 0. The lowest BCUT2D eigenvalue weighted by Gasteiger charge is -2.11. The van der Waals surface area contributed by atoms with Crippen LogP contribution in [0.1, 0.15) is 6.92 Å². The number of carbonyl (C=O) groups is 1. The molecule has 0 atom stereocenters. The van der Waals surface area contributed by atoms with Gasteiger partial charge in [0.05, 0.1) is 11.9 Å². The highest BCUT2D eigenvalue weighted by Crippen LogP contribution is 2.29. The fourth-order valence-corrected chi connectivity index (χ4v) is 2.24. The molecule has 0 aliphatic rings. The second-order valence-corrected chi connectivity index (χ2v) is 5.23. The molecule has 1 aromatic heterocycles. The molecule has 24 heavy (non-hydrogen) atoms. The number of nitrogens with zero attached hydrogens (tertiary/aromatic N) is 2. The van der Waals surface area contributed by atoms with Gasteiger partial charge in [0.25, 0.3) is 0 Å². The Labute approximate surface area is 138 Å². The number of rotatable bonds is 3. The van der Waals surface area contributed by atoms with E-state index in [4.69, 9.17) is 0 Å². The van der Waals surface area contributed by atoms with Crippen molar-refractivity contribution in [3.05, 3.63) is 54.7 Å². The van der Waals surface area contributed by atoms with Crippen LogP contribution in [0.4, 0.5) is 5.82 Å². The normalized spacial score (nSPS) is 10.4. The van der Waals surface area contributed by atoms with Gasteiger partial charge in [-0.25, -0.2) is 9.97 Å². The Morgan fingerprint density at radius 1 is 0.917 bits per heavy atom. The third kappa shape index (κ3) is 3.33. The molecule has 3 rings (SSSR count). The van der Waals surface area contributed by atoms with Crippen LogP contribution in [0.3, 0.4) is 0 Å². The molecular weight excluding hydrogens is 306 g/mol. The van der Waals surface area contributed by atoms with Gasteiger partial charge in [0, 0.05) is 18.1 Å². The van der Waals surface area contributed by atoms with Gasteiger partial charge in [-0.3, -0.25) is 4.79 Å². The zero-order valence-electron chi connectivity index (χ0n) is 12.9. The van der Waals surface area contributed by atoms with Crippen molar-refractivity contribution in [3.63, 3.8) is 0 Å². The van der Waals surface area contributed by atoms with Gasteiger partial charge in [-0.05, 0) is 48.5 Å². The number of phenols is 2. The van der Waals surface area contributed by atoms with E-state index < -0.39 is 0 Å². The Kier molecular flexibility index (Phi) is 4.11. The minimum atomic E-state index is -0.248. The molecule has 0 spiro atoms. The van der Waals surface area contributed by atoms with E-state index in [1.165, 1.54) is 6.92 Å². The molecule has 0 saturated heterocycles. The van der Waals surface area contributed by atoms with E-state index in [9.17, 15) is 15.0 Å². The lowest BCUT2D eigenvalue weighted by atomic mass is 10.1. The van der Waals surface area contributed by atoms with E-state index in [1.807, 2.05) is 0 Å². The fraction of sp³-hybridized carbons (Fsp3) is 0.0556. The number of nitrogens with one attached hydrogen (secondary N) is 1. The van der Waals surface area contributed by atoms with Gasteiger partial charge >= 0.3 is 0 Å². The molecule has 0 saturated carbocycles. The fourth-order valence-electron chi connectivity index (χ4n) is 2.24. The number of hydrogen-bond donors (Lipinski definition) is 3. The monoisotopic (exact) mass is 321 g/mol. The summed E-state index contributed by atoms with van der Waals surface area (Å²) in [6.45, 7) is 1.40. The number of amides is 1. The first-order valence-corrected chi connectivity index (χ1v) is 7.26. The zero-order chi connectivity index (χ0) is 17.1. The highest BCUT2D eigenvalue weighted by atomic mass is 16.3. The van der Waals surface area contributed by atoms with E-state index in [-0.39, 0.29) is 17.4 Å². The van der Waals surface area contributed by atoms with Gasteiger partial charge in [0.1, 0.15) is 17.2 Å². The largest absolute Gasteiger partial charge is 0.508 e. The molecule has 3 N–H and O–H groups in total. The lowest BCUT2D eigenvalue weighted by molar-refractivity contribution is -0.114. The Bertz CT molecular complexity index is 875. The molecule has 0 aliphatic heterocycles. The Morgan fingerprint density at radius 2 is 1.46 bits per heavy atom. The third-order valence-corrected chi connectivity index (χ3v) is 3.37. The zero-order valence-corrected chi connectivity index (χ0v) is 12.9. The molecule has 0 unspecified atom stereocenters. The van der Waals surface area contributed by atoms with Crippen LogP contribution in [0.25, 0.3) is 22.5 Å². The van der Waals surface area contributed by atoms with Crippen molar-refractivity contribution in [2.75, 3.05) is 5.32 Å². The van der Waals surface area contributed by atoms with Crippen LogP contribution in [0, 0.1) is 0 Å². The first-order chi connectivity index (χ1) is 11.5. The number of hydrogen-bond acceptors (Lipinski definition) is 5. The number of aromatic hydroxyl groups is 2. The molecular formula is C18H15N3O3. The highest BCUT2D eigenvalue weighted by molar-refractivity contribution is 5.92. The average Bonchev–Trinajstić information content (AvgIpc) is 2.56. The maximum Gasteiger partial charge on any atom is 0.222 e. The summed E-state index contributed by atoms with van der Waals surface area (Å²) in [6, 6.07) is 13.1. The van der Waals surface area contributed by atoms with Crippen LogP contribution in [0.5, 0.6) is 11.5 Å². The summed E-state index contributed by atoms with van der Waals surface area (Å²) in [7, 11) is 0. The van der Waals surface area contributed by atoms with E-state index in [1.54, 1.807) is 54.7 Å². The van der Waals surface area contributed by atoms with Crippen LogP contribution in [-0.2, 0) is 4.79 Å². The summed E-state index contributed by atoms with van der Waals surface area (Å²) >= 11 is 0. The van der Waals surface area contributed by atoms with Crippen LogP contribution in [-0.4, -0.2) is 26.1 Å². The summed E-state index contributed by atoms with van der Waals surface area (Å²) in [5.41, 5.74) is 2.60. The van der Waals surface area contributed by atoms with Crippen LogP contribution < -0.4 is 5.32 Å². The SMILES string of the molecule is CC(=O)Nc1ncc(-c2ccc(O)cc2)nc1-c1ccc(O)cc1. The van der Waals surface area contributed by atoms with Crippen molar-refractivity contribution in [1.29, 1.82) is 0 Å². The topological polar surface area (TPSA) is 95.3 Å². The molecule has 3 aromatic rings. The maximum atomic E-state index is 11.4. The second kappa shape index (κ2) is 6.37. The van der Waals surface area contributed by atoms with Gasteiger partial charge in [0.2, 0.25) is 5.91 Å². The third-order valence-electron chi connectivity index (χ3n) is 3.37. The van der Waals surface area contributed by atoms with Gasteiger partial charge in [-0.1, -0.05) is 0 Å². The maximum absolute atomic E-state index is 11.4. The second-order valence-electron chi connectivity index (χ2n) is 5.23. The molecule has 1 heterocycles. The summed E-state index contributed by atoms with van der Waals surface area (Å²) in [5, 5.41) is 21.5. The summed E-state index contributed by atoms with van der Waals surface area (Å²) in [4.78, 5) is 20.3. The molecule has 6 nitrogen and oxygen atoms in total. The van der Waals surface area contributed by atoms with Gasteiger partial charge < -0.3 is 15.5 Å². The van der Waals surface area contributed by atoms with Gasteiger partial charge in [-0.15, -0.1) is 0 Å². The Balaban J connectivity index is 2.11. The molecule has 2 aromatic carbocycles. The smallest absolute Gasteiger partial charge is 0.222 e. The van der Waals surface area contributed by atoms with Gasteiger partial charge in [-0.2, -0.15) is 0 Å². The van der Waals surface area contributed by atoms with E-state index in [2.05, 4.69) is 15.3 Å². The number of aromatic nitrogens is 2. The van der Waals surface area contributed by atoms with Crippen LogP contribution in [0.15, 0.2) is 54.7 Å². The van der Waals surface area contributed by atoms with E-state index >= 15 is 0 Å². The van der Waals surface area contributed by atoms with Crippen molar-refractivity contribution in [2.24, 2.45) is 0 Å². The number of benzene rings is 2. The van der Waals surface area contributed by atoms with E-state index in [0.29, 0.717) is 22.8 Å². The quantitative estimate of drug-likeness (QED) is 0.688. The van der Waals surface area contributed by atoms with Gasteiger partial charge in [0.15, 0.2) is 5.82 Å². The first-order valence-electron chi connectivity index (χ1n) is 7.26. The molecule has 120 valence electrons. The minimum absolute atomic E-state index is 0.141. The Hall–Kier alpha value is -3.41. The highest BCUT2D eigenvalue weighted by Gasteiger charge is 2.12. The predicted molar refractivity (Wildman–Crippen MR) is 90.5 cm³/mol. The number of carbonyl (C=O) groups excluding carboxylic acids is 1. The number of anilines is 1. The van der Waals surface area contributed by atoms with Crippen LogP contribution in [0.2, 0.25) is 0 Å². The molecule has 0 aliphatic carbocycles. The first kappa shape index (κ1) is 15.5. The summed E-state index contributed by atoms with van der Waals surface area (Å²) in [6.07, 6.45) is 1.56. The lowest BCUT2D eigenvalue weighted by Crippen LogP contribution is -2.10.